The molecule has 1 aromatic rings. The molecule has 0 saturated heterocycles. The average Bonchev–Trinajstić information content (AvgIpc) is 2.30. The maximum Gasteiger partial charge on any atom is 0.170 e. The molecule has 0 aliphatic heterocycles. The van der Waals surface area contributed by atoms with E-state index in [-0.39, 0.29) is 0 Å². The summed E-state index contributed by atoms with van der Waals surface area (Å²) in [6, 6.07) is 3.58. The zero-order valence-electron chi connectivity index (χ0n) is 9.43. The molecule has 0 fully saturated rings. The van der Waals surface area contributed by atoms with Crippen LogP contribution in [0, 0.1) is 11.6 Å². The van der Waals surface area contributed by atoms with E-state index in [1.807, 2.05) is 6.26 Å². The SMILES string of the molecule is CSCCCNC(=S)Nc1ccc(F)c(F)c1. The van der Waals surface area contributed by atoms with Gasteiger partial charge in [0, 0.05) is 18.3 Å². The maximum absolute atomic E-state index is 12.9. The second-order valence-electron chi connectivity index (χ2n) is 3.36. The lowest BCUT2D eigenvalue weighted by molar-refractivity contribution is 0.509. The van der Waals surface area contributed by atoms with Crippen molar-refractivity contribution < 1.29 is 8.78 Å². The topological polar surface area (TPSA) is 24.1 Å². The second kappa shape index (κ2) is 7.45. The molecule has 6 heteroatoms. The minimum atomic E-state index is -0.889. The number of rotatable bonds is 5. The van der Waals surface area contributed by atoms with Crippen LogP contribution in [0.15, 0.2) is 18.2 Å². The van der Waals surface area contributed by atoms with Crippen LogP contribution < -0.4 is 10.6 Å². The summed E-state index contributed by atoms with van der Waals surface area (Å²) < 4.78 is 25.6. The first-order chi connectivity index (χ1) is 8.13. The van der Waals surface area contributed by atoms with Crippen LogP contribution in [0.2, 0.25) is 0 Å². The summed E-state index contributed by atoms with van der Waals surface area (Å²) in [6.45, 7) is 0.760. The Bertz CT molecular complexity index is 386. The zero-order valence-corrected chi connectivity index (χ0v) is 11.1. The summed E-state index contributed by atoms with van der Waals surface area (Å²) >= 11 is 6.78. The van der Waals surface area contributed by atoms with Crippen LogP contribution in [0.1, 0.15) is 6.42 Å². The van der Waals surface area contributed by atoms with Crippen LogP contribution >= 0.6 is 24.0 Å². The van der Waals surface area contributed by atoms with E-state index in [1.54, 1.807) is 11.8 Å². The van der Waals surface area contributed by atoms with E-state index < -0.39 is 11.6 Å². The fourth-order valence-electron chi connectivity index (χ4n) is 1.17. The highest BCUT2D eigenvalue weighted by Gasteiger charge is 2.03. The Labute approximate surface area is 109 Å². The minimum absolute atomic E-state index is 0.414. The van der Waals surface area contributed by atoms with Gasteiger partial charge in [-0.1, -0.05) is 0 Å². The number of anilines is 1. The summed E-state index contributed by atoms with van der Waals surface area (Å²) in [6.07, 6.45) is 3.04. The summed E-state index contributed by atoms with van der Waals surface area (Å²) in [5.41, 5.74) is 0.436. The van der Waals surface area contributed by atoms with Gasteiger partial charge in [-0.2, -0.15) is 11.8 Å². The van der Waals surface area contributed by atoms with Gasteiger partial charge in [0.25, 0.3) is 0 Å². The van der Waals surface area contributed by atoms with E-state index in [0.717, 1.165) is 30.9 Å². The molecule has 0 aliphatic carbocycles. The van der Waals surface area contributed by atoms with Gasteiger partial charge in [-0.25, -0.2) is 8.78 Å². The van der Waals surface area contributed by atoms with Gasteiger partial charge in [-0.3, -0.25) is 0 Å². The highest BCUT2D eigenvalue weighted by Crippen LogP contribution is 2.12. The average molecular weight is 276 g/mol. The van der Waals surface area contributed by atoms with Crippen LogP contribution in [0.4, 0.5) is 14.5 Å². The van der Waals surface area contributed by atoms with Crippen molar-refractivity contribution in [2.45, 2.75) is 6.42 Å². The predicted octanol–water partition coefficient (Wildman–Crippen LogP) is 3.00. The summed E-state index contributed by atoms with van der Waals surface area (Å²) in [5.74, 6) is -0.699. The maximum atomic E-state index is 12.9. The molecule has 0 spiro atoms. The fraction of sp³-hybridized carbons (Fsp3) is 0.364. The van der Waals surface area contributed by atoms with Gasteiger partial charge in [0.05, 0.1) is 0 Å². The first kappa shape index (κ1) is 14.2. The van der Waals surface area contributed by atoms with Gasteiger partial charge in [0.15, 0.2) is 16.7 Å². The molecule has 1 rings (SSSR count). The van der Waals surface area contributed by atoms with Crippen molar-refractivity contribution in [3.63, 3.8) is 0 Å². The van der Waals surface area contributed by atoms with Crippen molar-refractivity contribution in [3.05, 3.63) is 29.8 Å². The Morgan fingerprint density at radius 1 is 1.35 bits per heavy atom. The van der Waals surface area contributed by atoms with Crippen LogP contribution in [0.5, 0.6) is 0 Å². The molecule has 0 heterocycles. The van der Waals surface area contributed by atoms with E-state index in [1.165, 1.54) is 6.07 Å². The minimum Gasteiger partial charge on any atom is -0.362 e. The molecule has 1 aromatic carbocycles. The fourth-order valence-corrected chi connectivity index (χ4v) is 1.82. The summed E-state index contributed by atoms with van der Waals surface area (Å²) in [4.78, 5) is 0. The van der Waals surface area contributed by atoms with Crippen molar-refractivity contribution in [2.75, 3.05) is 23.9 Å². The molecular formula is C11H14F2N2S2. The third-order valence-corrected chi connectivity index (χ3v) is 2.93. The highest BCUT2D eigenvalue weighted by atomic mass is 32.2. The van der Waals surface area contributed by atoms with Crippen molar-refractivity contribution >= 4 is 34.8 Å². The molecule has 0 aromatic heterocycles. The van der Waals surface area contributed by atoms with E-state index in [0.29, 0.717) is 10.8 Å². The lowest BCUT2D eigenvalue weighted by Crippen LogP contribution is -2.29. The molecule has 0 radical (unpaired) electrons. The van der Waals surface area contributed by atoms with Crippen molar-refractivity contribution in [2.24, 2.45) is 0 Å². The summed E-state index contributed by atoms with van der Waals surface area (Å²) in [7, 11) is 0. The van der Waals surface area contributed by atoms with E-state index >= 15 is 0 Å². The number of thioether (sulfide) groups is 1. The highest BCUT2D eigenvalue weighted by molar-refractivity contribution is 7.98. The Balaban J connectivity index is 2.37. The molecule has 17 heavy (non-hydrogen) atoms. The molecule has 0 unspecified atom stereocenters. The molecule has 0 amide bonds. The molecule has 94 valence electrons. The third kappa shape index (κ3) is 5.32. The summed E-state index contributed by atoms with van der Waals surface area (Å²) in [5, 5.41) is 6.20. The molecule has 0 saturated carbocycles. The molecule has 0 bridgehead atoms. The largest absolute Gasteiger partial charge is 0.362 e. The molecular weight excluding hydrogens is 262 g/mol. The Hall–Kier alpha value is -0.880. The van der Waals surface area contributed by atoms with Crippen molar-refractivity contribution in [3.8, 4) is 0 Å². The normalized spacial score (nSPS) is 10.1. The second-order valence-corrected chi connectivity index (χ2v) is 4.75. The van der Waals surface area contributed by atoms with Crippen LogP contribution in [0.3, 0.4) is 0 Å². The zero-order chi connectivity index (χ0) is 12.7. The monoisotopic (exact) mass is 276 g/mol. The van der Waals surface area contributed by atoms with Gasteiger partial charge in [0.2, 0.25) is 0 Å². The van der Waals surface area contributed by atoms with E-state index in [2.05, 4.69) is 10.6 Å². The van der Waals surface area contributed by atoms with Gasteiger partial charge in [0.1, 0.15) is 0 Å². The van der Waals surface area contributed by atoms with Gasteiger partial charge < -0.3 is 10.6 Å². The number of benzene rings is 1. The lowest BCUT2D eigenvalue weighted by atomic mass is 10.3. The smallest absolute Gasteiger partial charge is 0.170 e. The first-order valence-electron chi connectivity index (χ1n) is 5.12. The first-order valence-corrected chi connectivity index (χ1v) is 6.92. The van der Waals surface area contributed by atoms with Gasteiger partial charge in [-0.05, 0) is 42.8 Å². The van der Waals surface area contributed by atoms with E-state index in [9.17, 15) is 8.78 Å². The van der Waals surface area contributed by atoms with Crippen LogP contribution in [-0.2, 0) is 0 Å². The van der Waals surface area contributed by atoms with Gasteiger partial charge in [-0.15, -0.1) is 0 Å². The molecule has 2 N–H and O–H groups in total. The molecule has 2 nitrogen and oxygen atoms in total. The molecule has 0 atom stereocenters. The number of nitrogens with one attached hydrogen (secondary N) is 2. The number of halogens is 2. The number of hydrogen-bond donors (Lipinski definition) is 2. The number of hydrogen-bond acceptors (Lipinski definition) is 2. The Morgan fingerprint density at radius 2 is 2.12 bits per heavy atom. The Kier molecular flexibility index (Phi) is 6.21. The third-order valence-electron chi connectivity index (χ3n) is 1.99. The van der Waals surface area contributed by atoms with Crippen LogP contribution in [0.25, 0.3) is 0 Å². The Morgan fingerprint density at radius 3 is 2.76 bits per heavy atom. The van der Waals surface area contributed by atoms with Crippen molar-refractivity contribution in [1.82, 2.24) is 5.32 Å². The quantitative estimate of drug-likeness (QED) is 0.638. The van der Waals surface area contributed by atoms with E-state index in [4.69, 9.17) is 12.2 Å². The van der Waals surface area contributed by atoms with Crippen molar-refractivity contribution in [1.29, 1.82) is 0 Å². The number of thiocarbonyl (C=S) groups is 1. The lowest BCUT2D eigenvalue weighted by Gasteiger charge is -2.10. The van der Waals surface area contributed by atoms with Gasteiger partial charge >= 0.3 is 0 Å². The molecule has 0 aliphatic rings. The standard InChI is InChI=1S/C11H14F2N2S2/c1-17-6-2-5-14-11(16)15-8-3-4-9(12)10(13)7-8/h3-4,7H,2,5-6H2,1H3,(H2,14,15,16). The van der Waals surface area contributed by atoms with Crippen LogP contribution in [-0.4, -0.2) is 23.7 Å². The predicted molar refractivity (Wildman–Crippen MR) is 73.6 cm³/mol.